The minimum atomic E-state index is -0.653. The summed E-state index contributed by atoms with van der Waals surface area (Å²) in [5.41, 5.74) is 3.35. The van der Waals surface area contributed by atoms with Crippen LogP contribution in [0.25, 0.3) is 6.08 Å². The van der Waals surface area contributed by atoms with Gasteiger partial charge in [-0.1, -0.05) is 71.9 Å². The van der Waals surface area contributed by atoms with Crippen LogP contribution in [0.15, 0.2) is 90.1 Å². The van der Waals surface area contributed by atoms with Crippen LogP contribution in [0.1, 0.15) is 23.1 Å². The van der Waals surface area contributed by atoms with Gasteiger partial charge in [-0.15, -0.1) is 0 Å². The zero-order valence-corrected chi connectivity index (χ0v) is 16.5. The van der Waals surface area contributed by atoms with Gasteiger partial charge in [0, 0.05) is 17.5 Å². The van der Waals surface area contributed by atoms with Gasteiger partial charge in [0.1, 0.15) is 0 Å². The highest BCUT2D eigenvalue weighted by atomic mass is 16.7. The molecule has 0 amide bonds. The fraction of sp³-hybridized carbons (Fsp3) is 0.160. The summed E-state index contributed by atoms with van der Waals surface area (Å²) in [6, 6.07) is 26.2. The van der Waals surface area contributed by atoms with Gasteiger partial charge in [0.05, 0.1) is 19.9 Å². The molecule has 29 heavy (non-hydrogen) atoms. The molecule has 0 bridgehead atoms. The van der Waals surface area contributed by atoms with E-state index in [4.69, 9.17) is 14.3 Å². The number of benzene rings is 3. The third-order valence-corrected chi connectivity index (χ3v) is 5.07. The van der Waals surface area contributed by atoms with E-state index in [1.54, 1.807) is 14.2 Å². The minimum Gasteiger partial charge on any atom is -0.493 e. The number of hydrogen-bond donors (Lipinski definition) is 0. The first kappa shape index (κ1) is 18.8. The lowest BCUT2D eigenvalue weighted by Gasteiger charge is -2.23. The lowest BCUT2D eigenvalue weighted by molar-refractivity contribution is 0.0184. The first-order chi connectivity index (χ1) is 14.2. The van der Waals surface area contributed by atoms with Gasteiger partial charge in [0.2, 0.25) is 0 Å². The predicted octanol–water partition coefficient (Wildman–Crippen LogP) is 5.44. The fourth-order valence-electron chi connectivity index (χ4n) is 3.48. The Bertz CT molecular complexity index is 1030. The van der Waals surface area contributed by atoms with E-state index < -0.39 is 5.60 Å². The van der Waals surface area contributed by atoms with Crippen molar-refractivity contribution >= 4 is 11.8 Å². The van der Waals surface area contributed by atoms with Gasteiger partial charge in [0.15, 0.2) is 17.1 Å². The van der Waals surface area contributed by atoms with Crippen LogP contribution in [0.4, 0.5) is 0 Å². The molecule has 4 heteroatoms. The zero-order valence-electron chi connectivity index (χ0n) is 16.5. The maximum absolute atomic E-state index is 6.07. The van der Waals surface area contributed by atoms with Crippen molar-refractivity contribution in [3.05, 3.63) is 102 Å². The second kappa shape index (κ2) is 8.23. The van der Waals surface area contributed by atoms with Crippen LogP contribution < -0.4 is 9.47 Å². The number of ether oxygens (including phenoxy) is 2. The lowest BCUT2D eigenvalue weighted by Crippen LogP contribution is -2.23. The van der Waals surface area contributed by atoms with Crippen molar-refractivity contribution in [2.45, 2.75) is 12.0 Å². The molecule has 4 rings (SSSR count). The van der Waals surface area contributed by atoms with Crippen LogP contribution in [0.3, 0.4) is 0 Å². The summed E-state index contributed by atoms with van der Waals surface area (Å²) in [6.07, 6.45) is 4.80. The standard InChI is InChI=1S/C25H23NO3/c1-27-23-14-13-20(17-24(23)28-2)22-18-25(29-26-22,21-11-7-4-8-12-21)16-15-19-9-5-3-6-10-19/h3-17H,18H2,1-2H3/b16-15+. The highest BCUT2D eigenvalue weighted by molar-refractivity contribution is 6.02. The SMILES string of the molecule is COc1ccc(C2=NOC(/C=C/c3ccccc3)(c3ccccc3)C2)cc1OC. The number of oxime groups is 1. The predicted molar refractivity (Wildman–Crippen MR) is 115 cm³/mol. The maximum atomic E-state index is 6.07. The van der Waals surface area contributed by atoms with Gasteiger partial charge in [-0.2, -0.15) is 0 Å². The van der Waals surface area contributed by atoms with E-state index in [9.17, 15) is 0 Å². The summed E-state index contributed by atoms with van der Waals surface area (Å²) in [7, 11) is 3.26. The molecule has 1 aliphatic heterocycles. The molecule has 0 aliphatic carbocycles. The van der Waals surface area contributed by atoms with Crippen molar-refractivity contribution in [3.63, 3.8) is 0 Å². The van der Waals surface area contributed by atoms with E-state index >= 15 is 0 Å². The molecule has 0 aromatic heterocycles. The van der Waals surface area contributed by atoms with Gasteiger partial charge in [-0.3, -0.25) is 0 Å². The van der Waals surface area contributed by atoms with Gasteiger partial charge in [-0.05, 0) is 29.8 Å². The maximum Gasteiger partial charge on any atom is 0.186 e. The average molecular weight is 385 g/mol. The largest absolute Gasteiger partial charge is 0.493 e. The Morgan fingerprint density at radius 1 is 0.862 bits per heavy atom. The first-order valence-electron chi connectivity index (χ1n) is 9.51. The minimum absolute atomic E-state index is 0.621. The Hall–Kier alpha value is -3.53. The van der Waals surface area contributed by atoms with Crippen molar-refractivity contribution < 1.29 is 14.3 Å². The Morgan fingerprint density at radius 3 is 2.24 bits per heavy atom. The average Bonchev–Trinajstić information content (AvgIpc) is 3.24. The monoisotopic (exact) mass is 385 g/mol. The van der Waals surface area contributed by atoms with Gasteiger partial charge < -0.3 is 14.3 Å². The molecule has 1 heterocycles. The zero-order chi connectivity index (χ0) is 20.1. The third-order valence-electron chi connectivity index (χ3n) is 5.07. The summed E-state index contributed by atoms with van der Waals surface area (Å²) in [5.74, 6) is 1.36. The highest BCUT2D eigenvalue weighted by Crippen LogP contribution is 2.39. The molecule has 0 saturated carbocycles. The van der Waals surface area contributed by atoms with Crippen LogP contribution in [-0.2, 0) is 10.4 Å². The van der Waals surface area contributed by atoms with E-state index in [0.717, 1.165) is 22.4 Å². The van der Waals surface area contributed by atoms with Gasteiger partial charge in [-0.25, -0.2) is 0 Å². The van der Waals surface area contributed by atoms with Crippen LogP contribution in [0.2, 0.25) is 0 Å². The molecule has 4 nitrogen and oxygen atoms in total. The summed E-state index contributed by atoms with van der Waals surface area (Å²) < 4.78 is 10.8. The topological polar surface area (TPSA) is 40.0 Å². The summed E-state index contributed by atoms with van der Waals surface area (Å²) in [5, 5.41) is 4.45. The molecular weight excluding hydrogens is 362 g/mol. The number of hydrogen-bond acceptors (Lipinski definition) is 4. The van der Waals surface area contributed by atoms with E-state index in [1.165, 1.54) is 0 Å². The summed E-state index contributed by atoms with van der Waals surface area (Å²) in [4.78, 5) is 6.07. The second-order valence-electron chi connectivity index (χ2n) is 6.88. The Balaban J connectivity index is 1.68. The molecule has 1 atom stereocenters. The quantitative estimate of drug-likeness (QED) is 0.567. The van der Waals surface area contributed by atoms with E-state index in [0.29, 0.717) is 17.9 Å². The number of methoxy groups -OCH3 is 2. The molecule has 0 radical (unpaired) electrons. The number of nitrogens with zero attached hydrogens (tertiary/aromatic N) is 1. The summed E-state index contributed by atoms with van der Waals surface area (Å²) in [6.45, 7) is 0. The molecular formula is C25H23NO3. The second-order valence-corrected chi connectivity index (χ2v) is 6.88. The number of rotatable bonds is 6. The molecule has 1 unspecified atom stereocenters. The smallest absolute Gasteiger partial charge is 0.186 e. The molecule has 3 aromatic rings. The van der Waals surface area contributed by atoms with Crippen molar-refractivity contribution in [2.75, 3.05) is 14.2 Å². The third kappa shape index (κ3) is 3.87. The molecule has 0 saturated heterocycles. The molecule has 0 N–H and O–H groups in total. The molecule has 3 aromatic carbocycles. The van der Waals surface area contributed by atoms with Crippen molar-refractivity contribution in [1.82, 2.24) is 0 Å². The molecule has 0 fully saturated rings. The first-order valence-corrected chi connectivity index (χ1v) is 9.51. The summed E-state index contributed by atoms with van der Waals surface area (Å²) >= 11 is 0. The normalized spacial score (nSPS) is 18.3. The van der Waals surface area contributed by atoms with Crippen molar-refractivity contribution in [2.24, 2.45) is 5.16 Å². The van der Waals surface area contributed by atoms with Crippen LogP contribution in [-0.4, -0.2) is 19.9 Å². The highest BCUT2D eigenvalue weighted by Gasteiger charge is 2.39. The molecule has 146 valence electrons. The van der Waals surface area contributed by atoms with Crippen molar-refractivity contribution in [3.8, 4) is 11.5 Å². The Kier molecular flexibility index (Phi) is 5.34. The molecule has 0 spiro atoms. The fourth-order valence-corrected chi connectivity index (χ4v) is 3.48. The van der Waals surface area contributed by atoms with Gasteiger partial charge >= 0.3 is 0 Å². The van der Waals surface area contributed by atoms with Crippen LogP contribution in [0, 0.1) is 0 Å². The Labute approximate surface area is 171 Å². The molecule has 1 aliphatic rings. The lowest BCUT2D eigenvalue weighted by atomic mass is 9.86. The van der Waals surface area contributed by atoms with E-state index in [1.807, 2.05) is 54.6 Å². The Morgan fingerprint density at radius 2 is 1.55 bits per heavy atom. The van der Waals surface area contributed by atoms with E-state index in [2.05, 4.69) is 41.6 Å². The van der Waals surface area contributed by atoms with Crippen molar-refractivity contribution in [1.29, 1.82) is 0 Å². The van der Waals surface area contributed by atoms with Crippen LogP contribution in [0.5, 0.6) is 11.5 Å². The van der Waals surface area contributed by atoms with E-state index in [-0.39, 0.29) is 0 Å². The van der Waals surface area contributed by atoms with Gasteiger partial charge in [0.25, 0.3) is 0 Å². The van der Waals surface area contributed by atoms with Crippen LogP contribution >= 0.6 is 0 Å².